The van der Waals surface area contributed by atoms with Gasteiger partial charge in [-0.3, -0.25) is 0 Å². The number of para-hydroxylation sites is 6. The number of rotatable bonds is 10. The number of nitrogens with zero attached hydrogens (tertiary/aromatic N) is 5. The van der Waals surface area contributed by atoms with Crippen LogP contribution in [0.1, 0.15) is 54.2 Å². The van der Waals surface area contributed by atoms with Gasteiger partial charge in [0.15, 0.2) is 0 Å². The third-order valence-corrected chi connectivity index (χ3v) is 19.3. The Labute approximate surface area is 542 Å². The van der Waals surface area contributed by atoms with Gasteiger partial charge in [0.1, 0.15) is 0 Å². The molecular formula is C84H63N5OPt. The predicted molar refractivity (Wildman–Crippen MR) is 370 cm³/mol. The molecule has 440 valence electrons. The van der Waals surface area contributed by atoms with Crippen molar-refractivity contribution >= 4 is 45.3 Å². The van der Waals surface area contributed by atoms with Gasteiger partial charge in [0.25, 0.3) is 0 Å². The molecule has 2 aliphatic heterocycles. The van der Waals surface area contributed by atoms with Crippen molar-refractivity contribution in [1.82, 2.24) is 14.1 Å². The molecule has 0 fully saturated rings. The van der Waals surface area contributed by atoms with Gasteiger partial charge in [-0.15, -0.1) is 0 Å². The van der Waals surface area contributed by atoms with E-state index in [1.54, 1.807) is 0 Å². The Balaban J connectivity index is 0.859. The fourth-order valence-corrected chi connectivity index (χ4v) is 15.2. The van der Waals surface area contributed by atoms with Crippen LogP contribution in [0.3, 0.4) is 0 Å². The van der Waals surface area contributed by atoms with Crippen LogP contribution >= 0.6 is 0 Å². The smallest absolute Gasteiger partial charge is 0.0622 e. The van der Waals surface area contributed by atoms with Gasteiger partial charge in [-0.05, 0) is 64.4 Å². The van der Waals surface area contributed by atoms with Crippen molar-refractivity contribution in [2.45, 2.75) is 38.5 Å². The van der Waals surface area contributed by atoms with Crippen LogP contribution in [0.15, 0.2) is 310 Å². The van der Waals surface area contributed by atoms with Crippen molar-refractivity contribution in [1.29, 1.82) is 0 Å². The molecule has 12 aromatic carbocycles. The SMILES string of the molecule is Cc1cc(N2c3ccccc3C3(c4ccccc4N(c4ccc(C(C)(C)C)cc4)c4ccccc43)c3ccc(Oc4cccc(-n5[c](=[Pt])n(-c6c(-c7ccccc7)cccc6-c6ccccc6)c6ccccc65)c4)cc32)ncc1-c1ccc(-c2ccccc2)cc1. The summed E-state index contributed by atoms with van der Waals surface area (Å²) in [7, 11) is 0. The molecule has 16 rings (SSSR count). The minimum absolute atomic E-state index is 0.0123. The zero-order valence-corrected chi connectivity index (χ0v) is 53.2. The van der Waals surface area contributed by atoms with E-state index in [2.05, 4.69) is 369 Å². The Morgan fingerprint density at radius 1 is 0.374 bits per heavy atom. The molecule has 2 aromatic heterocycles. The maximum absolute atomic E-state index is 7.26. The molecule has 6 nitrogen and oxygen atoms in total. The van der Waals surface area contributed by atoms with Crippen LogP contribution in [0.5, 0.6) is 11.5 Å². The summed E-state index contributed by atoms with van der Waals surface area (Å²) < 4.78 is 13.1. The third-order valence-electron chi connectivity index (χ3n) is 18.3. The average molecular weight is 1350 g/mol. The summed E-state index contributed by atoms with van der Waals surface area (Å²) in [6.45, 7) is 9.03. The number of aryl methyl sites for hydroxylation is 1. The first-order valence-corrected chi connectivity index (χ1v) is 32.2. The number of anilines is 6. The second kappa shape index (κ2) is 22.4. The Kier molecular flexibility index (Phi) is 13.7. The van der Waals surface area contributed by atoms with Crippen molar-refractivity contribution in [3.63, 3.8) is 0 Å². The molecule has 14 aromatic rings. The quantitative estimate of drug-likeness (QED) is 0.137. The van der Waals surface area contributed by atoms with Crippen molar-refractivity contribution in [3.8, 4) is 67.4 Å². The van der Waals surface area contributed by atoms with Crippen LogP contribution in [0, 0.1) is 10.7 Å². The summed E-state index contributed by atoms with van der Waals surface area (Å²) in [5.74, 6) is 2.23. The summed E-state index contributed by atoms with van der Waals surface area (Å²) in [5, 5.41) is 0. The maximum atomic E-state index is 7.26. The van der Waals surface area contributed by atoms with Crippen molar-refractivity contribution in [2.24, 2.45) is 0 Å². The molecule has 91 heavy (non-hydrogen) atoms. The van der Waals surface area contributed by atoms with E-state index in [9.17, 15) is 0 Å². The number of fused-ring (bicyclic) bond motifs is 9. The molecule has 1 spiro atoms. The number of aromatic nitrogens is 3. The Hall–Kier alpha value is -10.7. The molecule has 0 aliphatic carbocycles. The molecule has 0 saturated carbocycles. The second-order valence-corrected chi connectivity index (χ2v) is 25.7. The average Bonchev–Trinajstić information content (AvgIpc) is 1.07. The van der Waals surface area contributed by atoms with Gasteiger partial charge in [0.2, 0.25) is 0 Å². The van der Waals surface area contributed by atoms with E-state index in [0.717, 1.165) is 105 Å². The van der Waals surface area contributed by atoms with Crippen LogP contribution in [0.4, 0.5) is 34.3 Å². The summed E-state index contributed by atoms with van der Waals surface area (Å²) in [4.78, 5) is 10.3. The Morgan fingerprint density at radius 3 is 1.43 bits per heavy atom. The minimum atomic E-state index is -0.771. The topological polar surface area (TPSA) is 38.5 Å². The van der Waals surface area contributed by atoms with Crippen molar-refractivity contribution in [3.05, 3.63) is 347 Å². The fourth-order valence-electron chi connectivity index (χ4n) is 14.1. The van der Waals surface area contributed by atoms with Crippen LogP contribution < -0.4 is 14.5 Å². The van der Waals surface area contributed by atoms with Gasteiger partial charge in [0, 0.05) is 17.4 Å². The minimum Gasteiger partial charge on any atom is -0.0622 e. The molecule has 0 radical (unpaired) electrons. The molecule has 0 saturated heterocycles. The number of ether oxygens (including phenoxy) is 1. The summed E-state index contributed by atoms with van der Waals surface area (Å²) in [6, 6.07) is 110. The molecule has 0 N–H and O–H groups in total. The molecular weight excluding hydrogens is 1290 g/mol. The number of hydrogen-bond acceptors (Lipinski definition) is 4. The normalized spacial score (nSPS) is 12.9. The van der Waals surface area contributed by atoms with E-state index >= 15 is 0 Å². The van der Waals surface area contributed by atoms with Crippen LogP contribution in [-0.2, 0) is 30.2 Å². The van der Waals surface area contributed by atoms with Gasteiger partial charge in [0.05, 0.1) is 11.4 Å². The third kappa shape index (κ3) is 9.35. The zero-order chi connectivity index (χ0) is 61.4. The second-order valence-electron chi connectivity index (χ2n) is 24.7. The summed E-state index contributed by atoms with van der Waals surface area (Å²) >= 11 is 2.52. The zero-order valence-electron chi connectivity index (χ0n) is 50.9. The molecule has 2 aliphatic rings. The van der Waals surface area contributed by atoms with Crippen molar-refractivity contribution in [2.75, 3.05) is 9.80 Å². The van der Waals surface area contributed by atoms with Crippen LogP contribution in [-0.4, -0.2) is 14.1 Å². The van der Waals surface area contributed by atoms with Gasteiger partial charge >= 0.3 is 306 Å². The molecule has 0 bridgehead atoms. The van der Waals surface area contributed by atoms with E-state index < -0.39 is 5.41 Å². The van der Waals surface area contributed by atoms with Gasteiger partial charge < -0.3 is 4.90 Å². The van der Waals surface area contributed by atoms with Gasteiger partial charge in [-0.2, -0.15) is 0 Å². The first kappa shape index (κ1) is 55.6. The molecule has 4 heterocycles. The van der Waals surface area contributed by atoms with E-state index in [1.165, 1.54) is 33.4 Å². The Bertz CT molecular complexity index is 5060. The molecule has 0 atom stereocenters. The van der Waals surface area contributed by atoms with Crippen LogP contribution in [0.25, 0.3) is 66.9 Å². The number of imidazole rings is 1. The van der Waals surface area contributed by atoms with Crippen LogP contribution in [0.2, 0.25) is 0 Å². The van der Waals surface area contributed by atoms with E-state index in [0.29, 0.717) is 11.5 Å². The standard InChI is InChI=1S/C84H63N5O.Pt/c1-57-52-81(85-55-70(57)62-44-42-59(43-45-62)58-24-8-5-9-25-58)89-77-39-19-16-36-73(77)84(71-34-14-17-37-75(71)88(76-38-18-15-35-72(76)84)64-48-46-63(47-49-64)83(2,3)4)74-51-50-67(54-80(74)89)90-66-31-22-30-65(53-66)86-56-87(79-41-21-20-40-78(79)86)82-68(60-26-10-6-11-27-60)32-23-33-69(82)61-28-12-7-13-29-61;/h5-55H,1-4H3;. The molecule has 7 heteroatoms. The summed E-state index contributed by atoms with van der Waals surface area (Å²) in [5.41, 5.74) is 25.1. The molecule has 0 amide bonds. The van der Waals surface area contributed by atoms with E-state index in [-0.39, 0.29) is 5.41 Å². The first-order chi connectivity index (χ1) is 44.6. The summed E-state index contributed by atoms with van der Waals surface area (Å²) in [6.07, 6.45) is 2.05. The van der Waals surface area contributed by atoms with E-state index in [1.807, 2.05) is 6.20 Å². The number of benzene rings is 12. The number of hydrogen-bond donors (Lipinski definition) is 0. The van der Waals surface area contributed by atoms with Gasteiger partial charge in [-0.25, -0.2) is 0 Å². The molecule has 0 unspecified atom stereocenters. The monoisotopic (exact) mass is 1350 g/mol. The Morgan fingerprint density at radius 2 is 0.846 bits per heavy atom. The predicted octanol–water partition coefficient (Wildman–Crippen LogP) is 21.9. The van der Waals surface area contributed by atoms with Gasteiger partial charge in [-0.1, -0.05) is 142 Å². The van der Waals surface area contributed by atoms with E-state index in [4.69, 9.17) is 9.72 Å². The number of pyridine rings is 1. The first-order valence-electron chi connectivity index (χ1n) is 31.1. The van der Waals surface area contributed by atoms with Crippen molar-refractivity contribution < 1.29 is 24.1 Å². The fraction of sp³-hybridized carbons (Fsp3) is 0.0714.